The molecular weight excluding hydrogens is 338 g/mol. The van der Waals surface area contributed by atoms with Crippen molar-refractivity contribution in [1.82, 2.24) is 15.3 Å². The first-order valence-electron chi connectivity index (χ1n) is 9.22. The van der Waals surface area contributed by atoms with Crippen molar-refractivity contribution in [3.63, 3.8) is 0 Å². The minimum atomic E-state index is -0.867. The van der Waals surface area contributed by atoms with Crippen LogP contribution in [0.1, 0.15) is 69.6 Å². The van der Waals surface area contributed by atoms with Gasteiger partial charge in [0.2, 0.25) is 17.5 Å². The molecule has 1 saturated carbocycles. The van der Waals surface area contributed by atoms with Crippen molar-refractivity contribution in [3.8, 4) is 17.5 Å². The molecule has 26 heavy (non-hydrogen) atoms. The van der Waals surface area contributed by atoms with E-state index in [1.165, 1.54) is 39.2 Å². The second kappa shape index (κ2) is 8.82. The van der Waals surface area contributed by atoms with Gasteiger partial charge in [0.25, 0.3) is 5.88 Å². The van der Waals surface area contributed by atoms with Gasteiger partial charge in [-0.2, -0.15) is 4.98 Å². The van der Waals surface area contributed by atoms with E-state index in [0.717, 1.165) is 25.2 Å². The molecule has 142 valence electrons. The SMILES string of the molecule is COc1cc(-c2noc([C@H](CCCC3CCCCC3)CC(=O)O)n2)on1. The molecule has 1 fully saturated rings. The standard InChI is InChI=1S/C18H25N3O5/c1-24-15-11-14(25-20-15)17-19-18(26-21-17)13(10-16(22)23)9-5-8-12-6-3-2-4-7-12/h11-13H,2-10H2,1H3,(H,22,23)/t13-/m1/s1. The number of hydrogen-bond donors (Lipinski definition) is 1. The van der Waals surface area contributed by atoms with Crippen LogP contribution in [-0.2, 0) is 4.79 Å². The van der Waals surface area contributed by atoms with Crippen LogP contribution in [0.25, 0.3) is 11.6 Å². The van der Waals surface area contributed by atoms with Crippen LogP contribution in [0.15, 0.2) is 15.1 Å². The summed E-state index contributed by atoms with van der Waals surface area (Å²) in [5.41, 5.74) is 0. The van der Waals surface area contributed by atoms with Crippen LogP contribution >= 0.6 is 0 Å². The summed E-state index contributed by atoms with van der Waals surface area (Å²) in [6.07, 6.45) is 9.37. The highest BCUT2D eigenvalue weighted by Crippen LogP contribution is 2.32. The summed E-state index contributed by atoms with van der Waals surface area (Å²) in [5, 5.41) is 16.8. The van der Waals surface area contributed by atoms with Crippen molar-refractivity contribution >= 4 is 5.97 Å². The molecule has 2 heterocycles. The molecule has 2 aromatic rings. The minimum absolute atomic E-state index is 0.0218. The Morgan fingerprint density at radius 3 is 2.81 bits per heavy atom. The van der Waals surface area contributed by atoms with E-state index in [1.54, 1.807) is 6.07 Å². The van der Waals surface area contributed by atoms with Crippen molar-refractivity contribution in [3.05, 3.63) is 12.0 Å². The average Bonchev–Trinajstić information content (AvgIpc) is 3.30. The lowest BCUT2D eigenvalue weighted by Crippen LogP contribution is -2.09. The Bertz CT molecular complexity index is 705. The fourth-order valence-electron chi connectivity index (χ4n) is 3.61. The molecule has 0 unspecified atom stereocenters. The van der Waals surface area contributed by atoms with Gasteiger partial charge in [0, 0.05) is 5.92 Å². The van der Waals surface area contributed by atoms with Crippen LogP contribution in [-0.4, -0.2) is 33.5 Å². The summed E-state index contributed by atoms with van der Waals surface area (Å²) in [7, 11) is 1.48. The summed E-state index contributed by atoms with van der Waals surface area (Å²) in [5.74, 6) is 0.846. The molecule has 1 N–H and O–H groups in total. The van der Waals surface area contributed by atoms with Crippen LogP contribution in [0, 0.1) is 5.92 Å². The Hall–Kier alpha value is -2.38. The predicted octanol–water partition coefficient (Wildman–Crippen LogP) is 4.04. The fourth-order valence-corrected chi connectivity index (χ4v) is 3.61. The molecule has 0 saturated heterocycles. The highest BCUT2D eigenvalue weighted by atomic mass is 16.5. The van der Waals surface area contributed by atoms with Crippen molar-refractivity contribution in [2.45, 2.75) is 63.7 Å². The number of hydrogen-bond acceptors (Lipinski definition) is 7. The lowest BCUT2D eigenvalue weighted by molar-refractivity contribution is -0.137. The Balaban J connectivity index is 1.62. The maximum Gasteiger partial charge on any atom is 0.304 e. The van der Waals surface area contributed by atoms with E-state index in [2.05, 4.69) is 15.3 Å². The number of methoxy groups -OCH3 is 1. The van der Waals surface area contributed by atoms with Crippen LogP contribution in [0.4, 0.5) is 0 Å². The second-order valence-electron chi connectivity index (χ2n) is 6.92. The molecule has 3 rings (SSSR count). The summed E-state index contributed by atoms with van der Waals surface area (Å²) in [4.78, 5) is 15.5. The Labute approximate surface area is 151 Å². The van der Waals surface area contributed by atoms with Gasteiger partial charge in [0.05, 0.1) is 19.6 Å². The van der Waals surface area contributed by atoms with Gasteiger partial charge in [0.15, 0.2) is 0 Å². The van der Waals surface area contributed by atoms with Gasteiger partial charge in [0.1, 0.15) is 0 Å². The minimum Gasteiger partial charge on any atom is -0.481 e. The first-order valence-corrected chi connectivity index (χ1v) is 9.22. The number of carbonyl (C=O) groups is 1. The van der Waals surface area contributed by atoms with Crippen LogP contribution in [0.2, 0.25) is 0 Å². The van der Waals surface area contributed by atoms with E-state index in [1.807, 2.05) is 0 Å². The number of rotatable bonds is 9. The zero-order chi connectivity index (χ0) is 18.4. The molecule has 8 nitrogen and oxygen atoms in total. The van der Waals surface area contributed by atoms with Crippen molar-refractivity contribution < 1.29 is 23.7 Å². The number of nitrogens with zero attached hydrogens (tertiary/aromatic N) is 3. The monoisotopic (exact) mass is 363 g/mol. The molecule has 1 atom stereocenters. The molecule has 0 aromatic carbocycles. The second-order valence-corrected chi connectivity index (χ2v) is 6.92. The third kappa shape index (κ3) is 4.83. The smallest absolute Gasteiger partial charge is 0.304 e. The first-order chi connectivity index (χ1) is 12.7. The maximum atomic E-state index is 11.2. The van der Waals surface area contributed by atoms with E-state index >= 15 is 0 Å². The number of carboxylic acid groups (broad SMARTS) is 1. The lowest BCUT2D eigenvalue weighted by atomic mass is 9.84. The third-order valence-electron chi connectivity index (χ3n) is 5.02. The average molecular weight is 363 g/mol. The molecule has 0 spiro atoms. The Kier molecular flexibility index (Phi) is 6.25. The van der Waals surface area contributed by atoms with Crippen molar-refractivity contribution in [2.75, 3.05) is 7.11 Å². The summed E-state index contributed by atoms with van der Waals surface area (Å²) in [6, 6.07) is 1.56. The molecular formula is C18H25N3O5. The summed E-state index contributed by atoms with van der Waals surface area (Å²) in [6.45, 7) is 0. The molecule has 0 aliphatic heterocycles. The molecule has 2 aromatic heterocycles. The van der Waals surface area contributed by atoms with Gasteiger partial charge >= 0.3 is 5.97 Å². The Morgan fingerprint density at radius 2 is 2.12 bits per heavy atom. The van der Waals surface area contributed by atoms with E-state index in [0.29, 0.717) is 17.5 Å². The number of carboxylic acids is 1. The first kappa shape index (κ1) is 18.4. The quantitative estimate of drug-likeness (QED) is 0.710. The predicted molar refractivity (Wildman–Crippen MR) is 91.8 cm³/mol. The van der Waals surface area contributed by atoms with Gasteiger partial charge in [-0.25, -0.2) is 0 Å². The third-order valence-corrected chi connectivity index (χ3v) is 5.02. The van der Waals surface area contributed by atoms with E-state index < -0.39 is 5.97 Å². The van der Waals surface area contributed by atoms with Gasteiger partial charge in [-0.3, -0.25) is 4.79 Å². The highest BCUT2D eigenvalue weighted by Gasteiger charge is 2.24. The number of ether oxygens (including phenoxy) is 1. The van der Waals surface area contributed by atoms with E-state index in [4.69, 9.17) is 13.8 Å². The fraction of sp³-hybridized carbons (Fsp3) is 0.667. The van der Waals surface area contributed by atoms with Crippen LogP contribution in [0.3, 0.4) is 0 Å². The van der Waals surface area contributed by atoms with Crippen molar-refractivity contribution in [2.24, 2.45) is 5.92 Å². The molecule has 0 bridgehead atoms. The number of aromatic nitrogens is 3. The Morgan fingerprint density at radius 1 is 1.31 bits per heavy atom. The van der Waals surface area contributed by atoms with Crippen LogP contribution in [0.5, 0.6) is 5.88 Å². The van der Waals surface area contributed by atoms with Gasteiger partial charge in [-0.15, -0.1) is 0 Å². The normalized spacial score (nSPS) is 16.5. The topological polar surface area (TPSA) is 111 Å². The molecule has 0 radical (unpaired) electrons. The van der Waals surface area contributed by atoms with E-state index in [9.17, 15) is 9.90 Å². The van der Waals surface area contributed by atoms with Crippen LogP contribution < -0.4 is 4.74 Å². The van der Waals surface area contributed by atoms with Gasteiger partial charge < -0.3 is 18.9 Å². The summed E-state index contributed by atoms with van der Waals surface area (Å²) < 4.78 is 15.4. The van der Waals surface area contributed by atoms with Gasteiger partial charge in [-0.05, 0) is 17.5 Å². The van der Waals surface area contributed by atoms with Gasteiger partial charge in [-0.1, -0.05) is 50.1 Å². The van der Waals surface area contributed by atoms with Crippen molar-refractivity contribution in [1.29, 1.82) is 0 Å². The zero-order valence-electron chi connectivity index (χ0n) is 15.0. The zero-order valence-corrected chi connectivity index (χ0v) is 15.0. The van der Waals surface area contributed by atoms with E-state index in [-0.39, 0.29) is 18.2 Å². The highest BCUT2D eigenvalue weighted by molar-refractivity contribution is 5.67. The lowest BCUT2D eigenvalue weighted by Gasteiger charge is -2.21. The molecule has 1 aliphatic carbocycles. The largest absolute Gasteiger partial charge is 0.481 e. The maximum absolute atomic E-state index is 11.2. The summed E-state index contributed by atoms with van der Waals surface area (Å²) >= 11 is 0. The molecule has 8 heteroatoms. The molecule has 0 amide bonds. The molecule has 1 aliphatic rings. The number of aliphatic carboxylic acids is 1.